The maximum Gasteiger partial charge on any atom is 0.332 e. The van der Waals surface area contributed by atoms with Crippen LogP contribution in [0.2, 0.25) is 0 Å². The van der Waals surface area contributed by atoms with Crippen molar-refractivity contribution in [3.05, 3.63) is 133 Å². The predicted octanol–water partition coefficient (Wildman–Crippen LogP) is 3.74. The third-order valence-corrected chi connectivity index (χ3v) is 6.42. The van der Waals surface area contributed by atoms with Crippen LogP contribution in [0.1, 0.15) is 23.6 Å². The van der Waals surface area contributed by atoms with Crippen LogP contribution in [0.4, 0.5) is 11.6 Å². The summed E-state index contributed by atoms with van der Waals surface area (Å²) in [5.74, 6) is 0.277. The largest absolute Gasteiger partial charge is 0.332 e. The third kappa shape index (κ3) is 5.10. The Kier molecular flexibility index (Phi) is 6.87. The molecule has 0 saturated carbocycles. The van der Waals surface area contributed by atoms with Gasteiger partial charge in [0.15, 0.2) is 11.2 Å². The van der Waals surface area contributed by atoms with E-state index in [4.69, 9.17) is 0 Å². The van der Waals surface area contributed by atoms with Crippen LogP contribution in [0.5, 0.6) is 0 Å². The van der Waals surface area contributed by atoms with Crippen LogP contribution in [-0.4, -0.2) is 29.3 Å². The fourth-order valence-electron chi connectivity index (χ4n) is 4.31. The molecule has 0 atom stereocenters. The highest BCUT2D eigenvalue weighted by Crippen LogP contribution is 2.19. The zero-order chi connectivity index (χ0) is 27.5. The molecule has 2 aromatic heterocycles. The number of nitrogens with one attached hydrogen (secondary N) is 1. The topological polar surface area (TPSA) is 129 Å². The van der Waals surface area contributed by atoms with Gasteiger partial charge in [-0.3, -0.25) is 28.6 Å². The van der Waals surface area contributed by atoms with Gasteiger partial charge in [-0.25, -0.2) is 10.2 Å². The van der Waals surface area contributed by atoms with E-state index in [1.165, 1.54) is 21.3 Å². The quantitative estimate of drug-likeness (QED) is 0.187. The summed E-state index contributed by atoms with van der Waals surface area (Å²) in [6.45, 7) is 2.18. The van der Waals surface area contributed by atoms with Crippen molar-refractivity contribution in [2.45, 2.75) is 20.0 Å². The molecule has 11 heteroatoms. The van der Waals surface area contributed by atoms with E-state index in [9.17, 15) is 19.7 Å². The van der Waals surface area contributed by atoms with Crippen LogP contribution >= 0.6 is 0 Å². The molecule has 0 aliphatic rings. The summed E-state index contributed by atoms with van der Waals surface area (Å²) in [7, 11) is 1.58. The Hall–Kier alpha value is -5.32. The Morgan fingerprint density at radius 1 is 0.897 bits per heavy atom. The monoisotopic (exact) mass is 523 g/mol. The number of hydrazone groups is 1. The van der Waals surface area contributed by atoms with Gasteiger partial charge >= 0.3 is 5.69 Å². The molecular weight excluding hydrogens is 498 g/mol. The molecule has 5 rings (SSSR count). The lowest BCUT2D eigenvalue weighted by Gasteiger charge is -2.11. The van der Waals surface area contributed by atoms with Crippen molar-refractivity contribution >= 4 is 28.5 Å². The Morgan fingerprint density at radius 3 is 2.03 bits per heavy atom. The molecule has 11 nitrogen and oxygen atoms in total. The molecule has 5 aromatic rings. The molecule has 0 unspecified atom stereocenters. The molecule has 1 N–H and O–H groups in total. The average molecular weight is 524 g/mol. The van der Waals surface area contributed by atoms with E-state index in [1.807, 2.05) is 60.7 Å². The summed E-state index contributed by atoms with van der Waals surface area (Å²) in [4.78, 5) is 42.0. The number of nitro benzene ring substituents is 1. The second-order valence-electron chi connectivity index (χ2n) is 9.01. The molecule has 39 heavy (non-hydrogen) atoms. The molecule has 2 heterocycles. The Bertz CT molecular complexity index is 1800. The Labute approximate surface area is 222 Å². The number of nitro groups is 1. The van der Waals surface area contributed by atoms with E-state index in [0.29, 0.717) is 17.8 Å². The maximum atomic E-state index is 13.7. The van der Waals surface area contributed by atoms with Crippen molar-refractivity contribution < 1.29 is 4.92 Å². The van der Waals surface area contributed by atoms with Crippen LogP contribution < -0.4 is 16.7 Å². The van der Waals surface area contributed by atoms with Crippen molar-refractivity contribution in [2.24, 2.45) is 12.1 Å². The van der Waals surface area contributed by atoms with Gasteiger partial charge < -0.3 is 0 Å². The fraction of sp³-hybridized carbons (Fsp3) is 0.143. The van der Waals surface area contributed by atoms with Crippen molar-refractivity contribution in [1.82, 2.24) is 18.7 Å². The lowest BCUT2D eigenvalue weighted by atomic mass is 10.1. The van der Waals surface area contributed by atoms with Gasteiger partial charge in [-0.05, 0) is 35.7 Å². The van der Waals surface area contributed by atoms with Crippen LogP contribution in [0, 0.1) is 10.1 Å². The number of aromatic nitrogens is 4. The molecule has 0 amide bonds. The number of imidazole rings is 1. The van der Waals surface area contributed by atoms with E-state index in [2.05, 4.69) is 15.5 Å². The molecular formula is C28H25N7O4. The summed E-state index contributed by atoms with van der Waals surface area (Å²) < 4.78 is 4.27. The SMILES string of the molecule is C/C(=N\Nc1nc2c(c(=O)n(Cc3ccccc3)c(=O)n2C)n1Cc1ccccc1)c1ccc([N+](=O)[O-])cc1. The summed E-state index contributed by atoms with van der Waals surface area (Å²) in [6.07, 6.45) is 0. The highest BCUT2D eigenvalue weighted by atomic mass is 16.6. The predicted molar refractivity (Wildman–Crippen MR) is 149 cm³/mol. The number of hydrogen-bond donors (Lipinski definition) is 1. The molecule has 0 fully saturated rings. The standard InChI is InChI=1S/C28H25N7O4/c1-19(22-13-15-23(16-14-22)35(38)39)30-31-27-29-25-24(33(27)17-20-9-5-3-6-10-20)26(36)34(28(37)32(25)2)18-21-11-7-4-8-12-21/h3-16H,17-18H2,1-2H3,(H,29,31)/b30-19+. The van der Waals surface area contributed by atoms with Crippen molar-refractivity contribution in [3.8, 4) is 0 Å². The second-order valence-corrected chi connectivity index (χ2v) is 9.01. The first kappa shape index (κ1) is 25.3. The number of rotatable bonds is 8. The van der Waals surface area contributed by atoms with E-state index >= 15 is 0 Å². The van der Waals surface area contributed by atoms with Gasteiger partial charge in [0, 0.05) is 19.2 Å². The molecule has 196 valence electrons. The maximum absolute atomic E-state index is 13.7. The minimum Gasteiger partial charge on any atom is -0.298 e. The lowest BCUT2D eigenvalue weighted by Crippen LogP contribution is -2.40. The van der Waals surface area contributed by atoms with Gasteiger partial charge in [0.2, 0.25) is 5.95 Å². The average Bonchev–Trinajstić information content (AvgIpc) is 3.32. The Balaban J connectivity index is 1.61. The number of benzene rings is 3. The molecule has 0 aliphatic heterocycles. The molecule has 0 radical (unpaired) electrons. The van der Waals surface area contributed by atoms with Crippen molar-refractivity contribution in [3.63, 3.8) is 0 Å². The van der Waals surface area contributed by atoms with Crippen LogP contribution in [-0.2, 0) is 20.1 Å². The van der Waals surface area contributed by atoms with Gasteiger partial charge in [-0.1, -0.05) is 60.7 Å². The number of aryl methyl sites for hydroxylation is 1. The van der Waals surface area contributed by atoms with E-state index in [1.54, 1.807) is 30.7 Å². The van der Waals surface area contributed by atoms with E-state index in [-0.39, 0.29) is 29.3 Å². The first-order chi connectivity index (χ1) is 18.8. The molecule has 0 bridgehead atoms. The summed E-state index contributed by atoms with van der Waals surface area (Å²) in [6, 6.07) is 24.9. The number of anilines is 1. The molecule has 3 aromatic carbocycles. The van der Waals surface area contributed by atoms with Gasteiger partial charge in [-0.2, -0.15) is 10.1 Å². The number of fused-ring (bicyclic) bond motifs is 1. The first-order valence-corrected chi connectivity index (χ1v) is 12.2. The molecule has 0 aliphatic carbocycles. The third-order valence-electron chi connectivity index (χ3n) is 6.42. The zero-order valence-electron chi connectivity index (χ0n) is 21.3. The number of nitrogens with zero attached hydrogens (tertiary/aromatic N) is 6. The van der Waals surface area contributed by atoms with Gasteiger partial charge in [-0.15, -0.1) is 0 Å². The lowest BCUT2D eigenvalue weighted by molar-refractivity contribution is -0.384. The number of hydrogen-bond acceptors (Lipinski definition) is 7. The number of non-ortho nitro benzene ring substituents is 1. The summed E-state index contributed by atoms with van der Waals surface area (Å²) in [5.41, 5.74) is 5.48. The van der Waals surface area contributed by atoms with Crippen LogP contribution in [0.3, 0.4) is 0 Å². The molecule has 0 saturated heterocycles. The fourth-order valence-corrected chi connectivity index (χ4v) is 4.31. The first-order valence-electron chi connectivity index (χ1n) is 12.2. The minimum atomic E-state index is -0.474. The van der Waals surface area contributed by atoms with Crippen molar-refractivity contribution in [2.75, 3.05) is 5.43 Å². The minimum absolute atomic E-state index is 0.0168. The normalized spacial score (nSPS) is 11.6. The summed E-state index contributed by atoms with van der Waals surface area (Å²) >= 11 is 0. The highest BCUT2D eigenvalue weighted by molar-refractivity contribution is 5.99. The van der Waals surface area contributed by atoms with E-state index < -0.39 is 16.2 Å². The second kappa shape index (κ2) is 10.6. The molecule has 0 spiro atoms. The zero-order valence-corrected chi connectivity index (χ0v) is 21.3. The van der Waals surface area contributed by atoms with Crippen molar-refractivity contribution in [1.29, 1.82) is 0 Å². The Morgan fingerprint density at radius 2 is 1.46 bits per heavy atom. The van der Waals surface area contributed by atoms with Gasteiger partial charge in [0.25, 0.3) is 11.2 Å². The van der Waals surface area contributed by atoms with Crippen LogP contribution in [0.15, 0.2) is 99.6 Å². The smallest absolute Gasteiger partial charge is 0.298 e. The van der Waals surface area contributed by atoms with E-state index in [0.717, 1.165) is 11.1 Å². The summed E-state index contributed by atoms with van der Waals surface area (Å²) in [5, 5.41) is 15.4. The van der Waals surface area contributed by atoms with Crippen LogP contribution in [0.25, 0.3) is 11.2 Å². The highest BCUT2D eigenvalue weighted by Gasteiger charge is 2.21. The van der Waals surface area contributed by atoms with Gasteiger partial charge in [0.1, 0.15) is 0 Å². The van der Waals surface area contributed by atoms with Gasteiger partial charge in [0.05, 0.1) is 23.7 Å².